The Bertz CT molecular complexity index is 1230. The lowest BCUT2D eigenvalue weighted by Crippen LogP contribution is -2.57. The summed E-state index contributed by atoms with van der Waals surface area (Å²) in [5.41, 5.74) is -0.0433. The van der Waals surface area contributed by atoms with E-state index in [4.69, 9.17) is 9.39 Å². The number of aromatic nitrogens is 1. The highest BCUT2D eigenvalue weighted by Gasteiger charge is 2.55. The number of benzene rings is 1. The molecule has 174 valence electrons. The first kappa shape index (κ1) is 21.3. The van der Waals surface area contributed by atoms with E-state index >= 15 is 0 Å². The predicted octanol–water partition coefficient (Wildman–Crippen LogP) is -1.31. The number of hydrogen-bond donors (Lipinski definition) is 3. The van der Waals surface area contributed by atoms with Gasteiger partial charge in [0.25, 0.3) is 0 Å². The van der Waals surface area contributed by atoms with Gasteiger partial charge in [-0.1, -0.05) is 18.3 Å². The molecule has 2 fully saturated rings. The molecule has 1 aromatic carbocycles. The number of carboxylic acid groups (broad SMARTS) is 1. The van der Waals surface area contributed by atoms with E-state index in [9.17, 15) is 34.6 Å². The average molecular weight is 456 g/mol. The summed E-state index contributed by atoms with van der Waals surface area (Å²) in [6.45, 7) is -1.30. The number of ether oxygens (including phenoxy) is 1. The number of carbonyl (C=O) groups is 2. The number of pyridine rings is 1. The zero-order chi connectivity index (χ0) is 23.7. The molecule has 2 aromatic rings. The van der Waals surface area contributed by atoms with Crippen LogP contribution in [-0.2, 0) is 11.3 Å². The van der Waals surface area contributed by atoms with Crippen molar-refractivity contribution in [2.45, 2.75) is 37.7 Å². The van der Waals surface area contributed by atoms with Gasteiger partial charge in [0.15, 0.2) is 5.75 Å². The van der Waals surface area contributed by atoms with Gasteiger partial charge in [0.2, 0.25) is 11.3 Å². The van der Waals surface area contributed by atoms with Gasteiger partial charge in [-0.25, -0.2) is 0 Å². The van der Waals surface area contributed by atoms with E-state index < -0.39 is 35.8 Å². The van der Waals surface area contributed by atoms with E-state index in [0.29, 0.717) is 12.0 Å². The Morgan fingerprint density at radius 1 is 1.27 bits per heavy atom. The average Bonchev–Trinajstić information content (AvgIpc) is 3.52. The van der Waals surface area contributed by atoms with Crippen LogP contribution in [0.25, 0.3) is 0 Å². The minimum Gasteiger partial charge on any atom is -0.669 e. The molecule has 0 unspecified atom stereocenters. The molecule has 0 bridgehead atoms. The van der Waals surface area contributed by atoms with Crippen molar-refractivity contribution < 1.29 is 39.2 Å². The summed E-state index contributed by atoms with van der Waals surface area (Å²) in [6, 6.07) is 4.32. The molecule has 2 aliphatic heterocycles. The fraction of sp³-hybridized carbons (Fsp3) is 0.381. The molecule has 1 saturated heterocycles. The summed E-state index contributed by atoms with van der Waals surface area (Å²) in [7, 11) is 0. The summed E-state index contributed by atoms with van der Waals surface area (Å²) in [6.07, 6.45) is 1.44. The van der Waals surface area contributed by atoms with Crippen molar-refractivity contribution in [3.05, 3.63) is 51.4 Å². The van der Waals surface area contributed by atoms with Gasteiger partial charge >= 0.3 is 6.75 Å². The van der Waals surface area contributed by atoms with E-state index in [2.05, 4.69) is 0 Å². The third kappa shape index (κ3) is 3.51. The molecule has 1 aliphatic carbocycles. The first-order chi connectivity index (χ1) is 15.6. The molecule has 3 N–H and O–H groups in total. The first-order valence-corrected chi connectivity index (χ1v) is 10.6. The number of aromatic carboxylic acids is 1. The number of aromatic hydroxyl groups is 1. The lowest BCUT2D eigenvalue weighted by Gasteiger charge is -2.41. The second-order valence-corrected chi connectivity index (χ2v) is 8.81. The Balaban J connectivity index is 1.28. The maximum atomic E-state index is 12.5. The number of carbonyl (C=O) groups excluding carboxylic acids is 2. The number of likely N-dealkylation sites (tertiary alicyclic amines) is 1. The van der Waals surface area contributed by atoms with Gasteiger partial charge in [0.1, 0.15) is 18.4 Å². The number of carboxylic acids is 1. The van der Waals surface area contributed by atoms with Gasteiger partial charge in [-0.2, -0.15) is 0 Å². The zero-order valence-electron chi connectivity index (χ0n) is 17.6. The molecule has 1 amide bonds. The van der Waals surface area contributed by atoms with Gasteiger partial charge in [0, 0.05) is 12.3 Å². The molecule has 11 nitrogen and oxygen atoms in total. The van der Waals surface area contributed by atoms with Crippen LogP contribution in [-0.4, -0.2) is 62.4 Å². The second-order valence-electron chi connectivity index (χ2n) is 8.81. The Morgan fingerprint density at radius 2 is 2.00 bits per heavy atom. The first-order valence-electron chi connectivity index (χ1n) is 10.6. The van der Waals surface area contributed by atoms with Gasteiger partial charge in [-0.15, -0.1) is 0 Å². The number of fused-ring (bicyclic) bond motifs is 3. The molecule has 12 heteroatoms. The predicted molar refractivity (Wildman–Crippen MR) is 111 cm³/mol. The Labute approximate surface area is 187 Å². The minimum atomic E-state index is -3.16. The highest BCUT2D eigenvalue weighted by Crippen LogP contribution is 2.63. The van der Waals surface area contributed by atoms with Crippen molar-refractivity contribution in [2.75, 3.05) is 13.1 Å². The smallest absolute Gasteiger partial charge is 0.434 e. The van der Waals surface area contributed by atoms with Crippen molar-refractivity contribution in [1.29, 1.82) is 0 Å². The number of hydrogen-bond acceptors (Lipinski definition) is 9. The molecular formula is C21H21BN2O9-2. The van der Waals surface area contributed by atoms with Gasteiger partial charge < -0.3 is 43.9 Å². The molecule has 5 rings (SSSR count). The normalized spacial score (nSPS) is 22.5. The number of rotatable bonds is 5. The molecule has 0 radical (unpaired) electrons. The zero-order valence-corrected chi connectivity index (χ0v) is 17.6. The van der Waals surface area contributed by atoms with Crippen molar-refractivity contribution >= 4 is 18.6 Å². The summed E-state index contributed by atoms with van der Waals surface area (Å²) < 4.78 is 12.5. The third-order valence-electron chi connectivity index (χ3n) is 6.66. The van der Waals surface area contributed by atoms with E-state index in [-0.39, 0.29) is 54.2 Å². The van der Waals surface area contributed by atoms with Crippen molar-refractivity contribution in [3.63, 3.8) is 0 Å². The molecule has 1 aromatic heterocycles. The van der Waals surface area contributed by atoms with Crippen molar-refractivity contribution in [3.8, 4) is 17.2 Å². The Hall–Kier alpha value is -3.51. The van der Waals surface area contributed by atoms with E-state index in [1.165, 1.54) is 34.7 Å². The number of nitrogens with zero attached hydrogens (tertiary/aromatic N) is 2. The Morgan fingerprint density at radius 3 is 2.70 bits per heavy atom. The molecule has 3 heterocycles. The van der Waals surface area contributed by atoms with Crippen molar-refractivity contribution in [2.24, 2.45) is 0 Å². The lowest BCUT2D eigenvalue weighted by atomic mass is 9.68. The van der Waals surface area contributed by atoms with Gasteiger partial charge in [0.05, 0.1) is 36.1 Å². The fourth-order valence-electron chi connectivity index (χ4n) is 4.58. The fourth-order valence-corrected chi connectivity index (χ4v) is 4.58. The van der Waals surface area contributed by atoms with Crippen molar-refractivity contribution in [1.82, 2.24) is 9.47 Å². The Kier molecular flexibility index (Phi) is 4.69. The molecule has 33 heavy (non-hydrogen) atoms. The van der Waals surface area contributed by atoms with Crippen LogP contribution in [0, 0.1) is 6.92 Å². The van der Waals surface area contributed by atoms with Crippen LogP contribution in [0.3, 0.4) is 0 Å². The summed E-state index contributed by atoms with van der Waals surface area (Å²) >= 11 is 0. The third-order valence-corrected chi connectivity index (χ3v) is 6.66. The van der Waals surface area contributed by atoms with Gasteiger partial charge in [-0.3, -0.25) is 9.59 Å². The standard InChI is InChI=1S/C21H22BN2O9/c1-10-19(27)15(25)4-5-23(10)9-17(26)24-7-11(8-24)32-16-3-2-12-13-6-14(13)22(30,31)33-20(12)18(16)21(28)29/h2-5,11,13-14,27,30-31H,6-9H2,1H3,(H,28,29)/q-1/p-1/t13-,14-/m0/s1. The lowest BCUT2D eigenvalue weighted by molar-refractivity contribution is -0.255. The van der Waals surface area contributed by atoms with Crippen LogP contribution < -0.4 is 19.9 Å². The maximum Gasteiger partial charge on any atom is 0.434 e. The van der Waals surface area contributed by atoms with Crippen LogP contribution in [0.15, 0.2) is 29.2 Å². The van der Waals surface area contributed by atoms with Crippen LogP contribution in [0.5, 0.6) is 17.2 Å². The molecule has 0 spiro atoms. The molecule has 2 atom stereocenters. The molecular weight excluding hydrogens is 435 g/mol. The van der Waals surface area contributed by atoms with E-state index in [1.807, 2.05) is 0 Å². The summed E-state index contributed by atoms with van der Waals surface area (Å²) in [5.74, 6) is -3.03. The van der Waals surface area contributed by atoms with Crippen LogP contribution in [0.1, 0.15) is 34.0 Å². The topological polar surface area (TPSA) is 162 Å². The monoisotopic (exact) mass is 456 g/mol. The number of amides is 1. The van der Waals surface area contributed by atoms with Crippen LogP contribution >= 0.6 is 0 Å². The van der Waals surface area contributed by atoms with Crippen LogP contribution in [0.2, 0.25) is 5.82 Å². The molecule has 3 aliphatic rings. The van der Waals surface area contributed by atoms with E-state index in [0.717, 1.165) is 0 Å². The van der Waals surface area contributed by atoms with Gasteiger partial charge in [-0.05, 0) is 24.5 Å². The quantitative estimate of drug-likeness (QED) is 0.464. The largest absolute Gasteiger partial charge is 0.669 e. The highest BCUT2D eigenvalue weighted by atomic mass is 16.6. The van der Waals surface area contributed by atoms with E-state index in [1.54, 1.807) is 6.07 Å². The SMILES string of the molecule is Cc1c(O)c(=O)ccn1CC(=O)N1CC(Oc2ccc3c(c2C(=O)[O-])O[B-](O)(O)[C@H]2C[C@@H]32)C1. The maximum absolute atomic E-state index is 12.5. The summed E-state index contributed by atoms with van der Waals surface area (Å²) in [4.78, 5) is 37.3. The second kappa shape index (κ2) is 7.25. The summed E-state index contributed by atoms with van der Waals surface area (Å²) in [5, 5.41) is 41.8. The highest BCUT2D eigenvalue weighted by molar-refractivity contribution is 6.62. The van der Waals surface area contributed by atoms with Crippen LogP contribution in [0.4, 0.5) is 0 Å². The molecule has 1 saturated carbocycles. The minimum absolute atomic E-state index is 0.0299.